The molecule has 3 atom stereocenters. The quantitative estimate of drug-likeness (QED) is 0.756. The first-order valence-electron chi connectivity index (χ1n) is 9.28. The van der Waals surface area contributed by atoms with Gasteiger partial charge in [-0.25, -0.2) is 9.97 Å². The van der Waals surface area contributed by atoms with Crippen LogP contribution in [0.5, 0.6) is 0 Å². The maximum absolute atomic E-state index is 4.58. The third kappa shape index (κ3) is 2.51. The third-order valence-electron chi connectivity index (χ3n) is 5.86. The molecule has 25 heavy (non-hydrogen) atoms. The maximum Gasteiger partial charge on any atom is 0.145 e. The molecule has 4 heteroatoms. The van der Waals surface area contributed by atoms with E-state index in [2.05, 4.69) is 63.3 Å². The maximum atomic E-state index is 4.58. The van der Waals surface area contributed by atoms with Crippen LogP contribution in [0.4, 0.5) is 5.82 Å². The van der Waals surface area contributed by atoms with Gasteiger partial charge in [-0.05, 0) is 55.2 Å². The van der Waals surface area contributed by atoms with Gasteiger partial charge in [0.1, 0.15) is 17.8 Å². The summed E-state index contributed by atoms with van der Waals surface area (Å²) in [7, 11) is 0. The third-order valence-corrected chi connectivity index (χ3v) is 5.86. The van der Waals surface area contributed by atoms with Gasteiger partial charge in [0.2, 0.25) is 0 Å². The SMILES string of the molecule is [CH2][C@H]1CC[C@H](n2ccc3c(N[C@H]4CCc5ccccc54)ncnc32)C1. The van der Waals surface area contributed by atoms with E-state index in [1.807, 2.05) is 0 Å². The molecule has 1 saturated carbocycles. The molecule has 2 aliphatic carbocycles. The first kappa shape index (κ1) is 14.9. The van der Waals surface area contributed by atoms with Crippen LogP contribution >= 0.6 is 0 Å². The van der Waals surface area contributed by atoms with Crippen LogP contribution < -0.4 is 5.32 Å². The van der Waals surface area contributed by atoms with Gasteiger partial charge < -0.3 is 9.88 Å². The first-order chi connectivity index (χ1) is 12.3. The zero-order chi connectivity index (χ0) is 16.8. The van der Waals surface area contributed by atoms with Crippen molar-refractivity contribution in [3.05, 3.63) is 60.9 Å². The molecule has 2 heterocycles. The number of nitrogens with one attached hydrogen (secondary N) is 1. The summed E-state index contributed by atoms with van der Waals surface area (Å²) in [5.74, 6) is 1.52. The van der Waals surface area contributed by atoms with Crippen molar-refractivity contribution in [2.75, 3.05) is 5.32 Å². The Bertz CT molecular complexity index is 913. The van der Waals surface area contributed by atoms with E-state index in [0.717, 1.165) is 36.1 Å². The highest BCUT2D eigenvalue weighted by Crippen LogP contribution is 2.38. The molecule has 3 aromatic rings. The van der Waals surface area contributed by atoms with Crippen molar-refractivity contribution < 1.29 is 0 Å². The van der Waals surface area contributed by atoms with Crippen molar-refractivity contribution in [1.29, 1.82) is 0 Å². The molecule has 1 fully saturated rings. The number of nitrogens with zero attached hydrogens (tertiary/aromatic N) is 3. The predicted molar refractivity (Wildman–Crippen MR) is 100 cm³/mol. The average Bonchev–Trinajstić information content (AvgIpc) is 3.34. The highest BCUT2D eigenvalue weighted by atomic mass is 15.1. The molecule has 2 aliphatic rings. The van der Waals surface area contributed by atoms with Gasteiger partial charge in [0, 0.05) is 12.2 Å². The smallest absolute Gasteiger partial charge is 0.145 e. The fourth-order valence-corrected chi connectivity index (χ4v) is 4.55. The van der Waals surface area contributed by atoms with Gasteiger partial charge in [-0.1, -0.05) is 31.2 Å². The molecule has 0 spiro atoms. The van der Waals surface area contributed by atoms with Crippen LogP contribution in [0.15, 0.2) is 42.9 Å². The van der Waals surface area contributed by atoms with Gasteiger partial charge in [-0.15, -0.1) is 0 Å². The highest BCUT2D eigenvalue weighted by Gasteiger charge is 2.26. The molecular formula is C21H23N4. The normalized spacial score (nSPS) is 25.4. The Balaban J connectivity index is 1.48. The van der Waals surface area contributed by atoms with Crippen molar-refractivity contribution in [1.82, 2.24) is 14.5 Å². The number of benzene rings is 1. The summed E-state index contributed by atoms with van der Waals surface area (Å²) < 4.78 is 2.33. The number of aromatic nitrogens is 3. The second kappa shape index (κ2) is 5.87. The van der Waals surface area contributed by atoms with Crippen molar-refractivity contribution in [3.8, 4) is 0 Å². The molecule has 127 valence electrons. The van der Waals surface area contributed by atoms with E-state index in [1.54, 1.807) is 6.33 Å². The zero-order valence-electron chi connectivity index (χ0n) is 14.4. The van der Waals surface area contributed by atoms with E-state index in [0.29, 0.717) is 18.0 Å². The van der Waals surface area contributed by atoms with Gasteiger partial charge in [0.15, 0.2) is 0 Å². The van der Waals surface area contributed by atoms with Crippen molar-refractivity contribution in [2.24, 2.45) is 5.92 Å². The molecule has 2 aromatic heterocycles. The Labute approximate surface area is 148 Å². The predicted octanol–water partition coefficient (Wildman–Crippen LogP) is 4.71. The lowest BCUT2D eigenvalue weighted by molar-refractivity contribution is 0.517. The standard InChI is InChI=1S/C21H23N4/c1-14-6-8-16(12-14)25-11-10-18-20(22-13-23-21(18)25)24-19-9-7-15-4-2-3-5-17(15)19/h2-5,10-11,13-14,16,19H,1,6-9,12H2,(H,22,23,24)/t14-,16-,19-/m0/s1. The van der Waals surface area contributed by atoms with Gasteiger partial charge in [-0.3, -0.25) is 0 Å². The summed E-state index contributed by atoms with van der Waals surface area (Å²) in [6, 6.07) is 11.7. The summed E-state index contributed by atoms with van der Waals surface area (Å²) >= 11 is 0. The van der Waals surface area contributed by atoms with Crippen LogP contribution in [-0.2, 0) is 6.42 Å². The molecular weight excluding hydrogens is 308 g/mol. The lowest BCUT2D eigenvalue weighted by atomic mass is 10.1. The molecule has 0 bridgehead atoms. The van der Waals surface area contributed by atoms with Gasteiger partial charge in [0.05, 0.1) is 11.4 Å². The molecule has 0 aliphatic heterocycles. The second-order valence-corrected chi connectivity index (χ2v) is 7.45. The second-order valence-electron chi connectivity index (χ2n) is 7.45. The Morgan fingerprint density at radius 1 is 1.08 bits per heavy atom. The zero-order valence-corrected chi connectivity index (χ0v) is 14.4. The summed E-state index contributed by atoms with van der Waals surface area (Å²) in [6.07, 6.45) is 9.68. The van der Waals surface area contributed by atoms with Crippen LogP contribution in [-0.4, -0.2) is 14.5 Å². The molecule has 0 saturated heterocycles. The minimum absolute atomic E-state index is 0.341. The van der Waals surface area contributed by atoms with E-state index in [9.17, 15) is 0 Å². The van der Waals surface area contributed by atoms with E-state index < -0.39 is 0 Å². The number of anilines is 1. The molecule has 1 aromatic carbocycles. The minimum atomic E-state index is 0.341. The van der Waals surface area contributed by atoms with Crippen LogP contribution in [0.3, 0.4) is 0 Å². The van der Waals surface area contributed by atoms with Crippen LogP contribution in [0.1, 0.15) is 48.9 Å². The van der Waals surface area contributed by atoms with Crippen LogP contribution in [0.2, 0.25) is 0 Å². The van der Waals surface area contributed by atoms with Gasteiger partial charge in [0.25, 0.3) is 0 Å². The fraction of sp³-hybridized carbons (Fsp3) is 0.381. The number of hydrogen-bond acceptors (Lipinski definition) is 3. The largest absolute Gasteiger partial charge is 0.363 e. The van der Waals surface area contributed by atoms with Crippen molar-refractivity contribution in [3.63, 3.8) is 0 Å². The van der Waals surface area contributed by atoms with Gasteiger partial charge in [-0.2, -0.15) is 0 Å². The molecule has 1 N–H and O–H groups in total. The van der Waals surface area contributed by atoms with E-state index >= 15 is 0 Å². The summed E-state index contributed by atoms with van der Waals surface area (Å²) in [5, 5.41) is 4.80. The van der Waals surface area contributed by atoms with Gasteiger partial charge >= 0.3 is 0 Å². The average molecular weight is 331 g/mol. The summed E-state index contributed by atoms with van der Waals surface area (Å²) in [4.78, 5) is 9.13. The number of fused-ring (bicyclic) bond motifs is 2. The Kier molecular flexibility index (Phi) is 3.51. The Hall–Kier alpha value is -2.36. The van der Waals surface area contributed by atoms with E-state index in [1.165, 1.54) is 24.0 Å². The molecule has 0 unspecified atom stereocenters. The van der Waals surface area contributed by atoms with E-state index in [4.69, 9.17) is 0 Å². The summed E-state index contributed by atoms with van der Waals surface area (Å²) in [5.41, 5.74) is 3.91. The van der Waals surface area contributed by atoms with Crippen molar-refractivity contribution >= 4 is 16.9 Å². The molecule has 5 rings (SSSR count). The number of rotatable bonds is 3. The van der Waals surface area contributed by atoms with Crippen LogP contribution in [0.25, 0.3) is 11.0 Å². The number of aryl methyl sites for hydroxylation is 1. The minimum Gasteiger partial charge on any atom is -0.363 e. The topological polar surface area (TPSA) is 42.7 Å². The van der Waals surface area contributed by atoms with E-state index in [-0.39, 0.29) is 0 Å². The highest BCUT2D eigenvalue weighted by molar-refractivity contribution is 5.87. The monoisotopic (exact) mass is 331 g/mol. The molecule has 0 amide bonds. The Morgan fingerprint density at radius 2 is 2.00 bits per heavy atom. The fourth-order valence-electron chi connectivity index (χ4n) is 4.55. The molecule has 4 nitrogen and oxygen atoms in total. The lowest BCUT2D eigenvalue weighted by Crippen LogP contribution is -2.10. The summed E-state index contributed by atoms with van der Waals surface area (Å²) in [6.45, 7) is 4.23. The van der Waals surface area contributed by atoms with Crippen LogP contribution in [0, 0.1) is 12.8 Å². The van der Waals surface area contributed by atoms with Crippen molar-refractivity contribution in [2.45, 2.75) is 44.2 Å². The Morgan fingerprint density at radius 3 is 2.88 bits per heavy atom. The lowest BCUT2D eigenvalue weighted by Gasteiger charge is -2.16. The number of hydrogen-bond donors (Lipinski definition) is 1. The first-order valence-corrected chi connectivity index (χ1v) is 9.28. The molecule has 1 radical (unpaired) electrons.